The van der Waals surface area contributed by atoms with Gasteiger partial charge in [0.15, 0.2) is 18.2 Å². The molecule has 29 heavy (non-hydrogen) atoms. The van der Waals surface area contributed by atoms with E-state index < -0.39 is 21.8 Å². The maximum Gasteiger partial charge on any atom is 0.303 e. The smallest absolute Gasteiger partial charge is 0.303 e. The molecule has 0 spiro atoms. The number of hydrogen-bond acceptors (Lipinski definition) is 6. The number of rotatable bonds is 8. The molecule has 3 rings (SSSR count). The van der Waals surface area contributed by atoms with Gasteiger partial charge < -0.3 is 19.9 Å². The highest BCUT2D eigenvalue weighted by Crippen LogP contribution is 2.31. The fourth-order valence-electron chi connectivity index (χ4n) is 2.53. The highest BCUT2D eigenvalue weighted by Gasteiger charge is 2.20. The number of anilines is 2. The van der Waals surface area contributed by atoms with Gasteiger partial charge in [-0.15, -0.1) is 0 Å². The van der Waals surface area contributed by atoms with Crippen LogP contribution in [-0.4, -0.2) is 38.6 Å². The molecule has 2 aromatic carbocycles. The second-order valence-electron chi connectivity index (χ2n) is 6.09. The first kappa shape index (κ1) is 20.4. The lowest BCUT2D eigenvalue weighted by Crippen LogP contribution is -2.25. The summed E-state index contributed by atoms with van der Waals surface area (Å²) in [6.45, 7) is -0.140. The number of sulfonamides is 1. The van der Waals surface area contributed by atoms with E-state index in [9.17, 15) is 22.4 Å². The molecular weight excluding hydrogens is 407 g/mol. The van der Waals surface area contributed by atoms with Gasteiger partial charge in [-0.25, -0.2) is 12.8 Å². The Kier molecular flexibility index (Phi) is 5.87. The fraction of sp³-hybridized carbons (Fsp3) is 0.222. The third-order valence-corrected chi connectivity index (χ3v) is 5.25. The molecule has 0 radical (unpaired) electrons. The number of carboxylic acids is 1. The van der Waals surface area contributed by atoms with Crippen molar-refractivity contribution in [2.75, 3.05) is 23.3 Å². The number of fused-ring (bicyclic) bond motifs is 1. The van der Waals surface area contributed by atoms with Crippen molar-refractivity contribution in [3.05, 3.63) is 42.2 Å². The lowest BCUT2D eigenvalue weighted by Gasteiger charge is -2.19. The predicted molar refractivity (Wildman–Crippen MR) is 100 cm³/mol. The average molecular weight is 424 g/mol. The summed E-state index contributed by atoms with van der Waals surface area (Å²) >= 11 is 0. The molecule has 0 aliphatic carbocycles. The largest absolute Gasteiger partial charge is 0.491 e. The number of ether oxygens (including phenoxy) is 2. The first-order valence-electron chi connectivity index (χ1n) is 8.48. The molecule has 0 saturated carbocycles. The number of amides is 1. The molecule has 2 aromatic rings. The van der Waals surface area contributed by atoms with Gasteiger partial charge in [0.25, 0.3) is 15.9 Å². The van der Waals surface area contributed by atoms with E-state index in [1.807, 2.05) is 0 Å². The Labute approximate surface area is 165 Å². The van der Waals surface area contributed by atoms with Gasteiger partial charge in [-0.3, -0.25) is 14.3 Å². The van der Waals surface area contributed by atoms with Gasteiger partial charge in [0.2, 0.25) is 0 Å². The number of aliphatic carboxylic acids is 1. The fourth-order valence-corrected chi connectivity index (χ4v) is 3.59. The Balaban J connectivity index is 1.71. The molecule has 0 atom stereocenters. The summed E-state index contributed by atoms with van der Waals surface area (Å²) in [5.74, 6) is -2.02. The third kappa shape index (κ3) is 5.13. The molecule has 1 amide bonds. The number of hydrogen-bond donors (Lipinski definition) is 3. The van der Waals surface area contributed by atoms with Gasteiger partial charge >= 0.3 is 5.97 Å². The Morgan fingerprint density at radius 3 is 2.79 bits per heavy atom. The summed E-state index contributed by atoms with van der Waals surface area (Å²) < 4.78 is 51.9. The Bertz CT molecular complexity index is 1060. The van der Waals surface area contributed by atoms with Crippen molar-refractivity contribution in [1.29, 1.82) is 0 Å². The Morgan fingerprint density at radius 2 is 2.07 bits per heavy atom. The number of benzene rings is 2. The molecule has 3 N–H and O–H groups in total. The summed E-state index contributed by atoms with van der Waals surface area (Å²) in [7, 11) is -4.11. The van der Waals surface area contributed by atoms with Gasteiger partial charge in [-0.1, -0.05) is 0 Å². The number of halogens is 1. The first-order chi connectivity index (χ1) is 13.7. The lowest BCUT2D eigenvalue weighted by atomic mass is 10.2. The topological polar surface area (TPSA) is 131 Å². The van der Waals surface area contributed by atoms with Crippen molar-refractivity contribution in [1.82, 2.24) is 0 Å². The van der Waals surface area contributed by atoms with Crippen molar-refractivity contribution in [2.45, 2.75) is 17.7 Å². The number of nitrogens with one attached hydrogen (secondary N) is 2. The summed E-state index contributed by atoms with van der Waals surface area (Å²) in [6.07, 6.45) is 0.0687. The van der Waals surface area contributed by atoms with E-state index in [4.69, 9.17) is 14.6 Å². The van der Waals surface area contributed by atoms with E-state index in [-0.39, 0.29) is 48.3 Å². The van der Waals surface area contributed by atoms with Crippen LogP contribution in [0.1, 0.15) is 12.8 Å². The van der Waals surface area contributed by atoms with Crippen LogP contribution in [0.2, 0.25) is 0 Å². The van der Waals surface area contributed by atoms with Crippen molar-refractivity contribution >= 4 is 33.3 Å². The average Bonchev–Trinajstić information content (AvgIpc) is 2.65. The van der Waals surface area contributed by atoms with E-state index in [2.05, 4.69) is 10.0 Å². The maximum absolute atomic E-state index is 14.2. The van der Waals surface area contributed by atoms with Crippen molar-refractivity contribution < 1.29 is 37.0 Å². The number of carbonyl (C=O) groups excluding carboxylic acids is 1. The van der Waals surface area contributed by atoms with Crippen molar-refractivity contribution in [2.24, 2.45) is 0 Å². The van der Waals surface area contributed by atoms with E-state index in [0.717, 1.165) is 12.1 Å². The first-order valence-corrected chi connectivity index (χ1v) is 9.96. The third-order valence-electron chi connectivity index (χ3n) is 3.87. The molecule has 0 aromatic heterocycles. The zero-order chi connectivity index (χ0) is 21.0. The van der Waals surface area contributed by atoms with Gasteiger partial charge in [-0.2, -0.15) is 0 Å². The van der Waals surface area contributed by atoms with E-state index in [1.54, 1.807) is 0 Å². The SMILES string of the molecule is O=C(O)CCCOc1ccc(S(=O)(=O)Nc2ccc3c(c2)NC(=O)CO3)cc1F. The van der Waals surface area contributed by atoms with Gasteiger partial charge in [0.05, 0.1) is 22.9 Å². The van der Waals surface area contributed by atoms with Crippen LogP contribution in [0.15, 0.2) is 41.3 Å². The van der Waals surface area contributed by atoms with Crippen LogP contribution in [0.25, 0.3) is 0 Å². The zero-order valence-electron chi connectivity index (χ0n) is 15.0. The molecule has 0 saturated heterocycles. The van der Waals surface area contributed by atoms with Gasteiger partial charge in [0.1, 0.15) is 5.75 Å². The normalized spacial score (nSPS) is 13.1. The quantitative estimate of drug-likeness (QED) is 0.554. The van der Waals surface area contributed by atoms with Crippen LogP contribution >= 0.6 is 0 Å². The molecule has 0 bridgehead atoms. The van der Waals surface area contributed by atoms with Crippen LogP contribution in [0.3, 0.4) is 0 Å². The summed E-state index contributed by atoms with van der Waals surface area (Å²) in [4.78, 5) is 21.5. The predicted octanol–water partition coefficient (Wildman–Crippen LogP) is 2.20. The number of carbonyl (C=O) groups is 2. The lowest BCUT2D eigenvalue weighted by molar-refractivity contribution is -0.137. The second-order valence-corrected chi connectivity index (χ2v) is 7.77. The molecule has 11 heteroatoms. The molecule has 0 fully saturated rings. The monoisotopic (exact) mass is 424 g/mol. The van der Waals surface area contributed by atoms with Crippen LogP contribution in [0, 0.1) is 5.82 Å². The highest BCUT2D eigenvalue weighted by atomic mass is 32.2. The molecule has 1 aliphatic rings. The highest BCUT2D eigenvalue weighted by molar-refractivity contribution is 7.92. The van der Waals surface area contributed by atoms with Crippen LogP contribution < -0.4 is 19.5 Å². The minimum absolute atomic E-state index is 0.0174. The van der Waals surface area contributed by atoms with Crippen molar-refractivity contribution in [3.8, 4) is 11.5 Å². The molecule has 1 aliphatic heterocycles. The van der Waals surface area contributed by atoms with Crippen LogP contribution in [-0.2, 0) is 19.6 Å². The second kappa shape index (κ2) is 8.35. The molecular formula is C18H17FN2O7S. The molecule has 0 unspecified atom stereocenters. The maximum atomic E-state index is 14.2. The van der Waals surface area contributed by atoms with Crippen LogP contribution in [0.4, 0.5) is 15.8 Å². The minimum Gasteiger partial charge on any atom is -0.491 e. The number of carboxylic acid groups (broad SMARTS) is 1. The summed E-state index contributed by atoms with van der Waals surface area (Å²) in [5.41, 5.74) is 0.474. The van der Waals surface area contributed by atoms with E-state index >= 15 is 0 Å². The van der Waals surface area contributed by atoms with E-state index in [1.165, 1.54) is 24.3 Å². The minimum atomic E-state index is -4.11. The summed E-state index contributed by atoms with van der Waals surface area (Å²) in [5, 5.41) is 11.1. The summed E-state index contributed by atoms with van der Waals surface area (Å²) in [6, 6.07) is 7.47. The van der Waals surface area contributed by atoms with Gasteiger partial charge in [-0.05, 0) is 42.8 Å². The van der Waals surface area contributed by atoms with Crippen LogP contribution in [0.5, 0.6) is 11.5 Å². The Hall–Kier alpha value is -3.34. The Morgan fingerprint density at radius 1 is 1.28 bits per heavy atom. The molecule has 9 nitrogen and oxygen atoms in total. The van der Waals surface area contributed by atoms with Crippen molar-refractivity contribution in [3.63, 3.8) is 0 Å². The zero-order valence-corrected chi connectivity index (χ0v) is 15.8. The standard InChI is InChI=1S/C18H17FN2O7S/c19-13-9-12(4-6-15(13)27-7-1-2-18(23)24)29(25,26)21-11-3-5-16-14(8-11)20-17(22)10-28-16/h3-6,8-9,21H,1-2,7,10H2,(H,20,22)(H,23,24). The molecule has 154 valence electrons. The van der Waals surface area contributed by atoms with E-state index in [0.29, 0.717) is 11.4 Å². The van der Waals surface area contributed by atoms with Gasteiger partial charge in [0, 0.05) is 6.42 Å². The molecule has 1 heterocycles.